The minimum absolute atomic E-state index is 0.244. The summed E-state index contributed by atoms with van der Waals surface area (Å²) in [6.07, 6.45) is 3.61. The maximum atomic E-state index is 6.34. The molecule has 2 aliphatic rings. The van der Waals surface area contributed by atoms with E-state index in [1.807, 2.05) is 24.3 Å². The van der Waals surface area contributed by atoms with Crippen molar-refractivity contribution in [3.63, 3.8) is 0 Å². The summed E-state index contributed by atoms with van der Waals surface area (Å²) in [6, 6.07) is 7.78. The van der Waals surface area contributed by atoms with E-state index in [1.54, 1.807) is 0 Å². The van der Waals surface area contributed by atoms with E-state index in [2.05, 4.69) is 5.32 Å². The Balaban J connectivity index is 1.75. The zero-order valence-electron chi connectivity index (χ0n) is 11.7. The maximum absolute atomic E-state index is 6.34. The van der Waals surface area contributed by atoms with Gasteiger partial charge in [-0.25, -0.2) is 0 Å². The van der Waals surface area contributed by atoms with Crippen molar-refractivity contribution in [3.8, 4) is 5.75 Å². The van der Waals surface area contributed by atoms with Crippen molar-refractivity contribution in [1.82, 2.24) is 5.32 Å². The molecule has 1 unspecified atom stereocenters. The van der Waals surface area contributed by atoms with Crippen LogP contribution in [0, 0.1) is 11.8 Å². The number of para-hydroxylation sites is 1. The number of hydrogen-bond acceptors (Lipinski definition) is 3. The fraction of sp³-hybridized carbons (Fsp3) is 0.625. The molecular formula is C16H22ClNO2. The van der Waals surface area contributed by atoms with Crippen LogP contribution in [0.5, 0.6) is 5.75 Å². The van der Waals surface area contributed by atoms with Crippen molar-refractivity contribution in [1.29, 1.82) is 0 Å². The standard InChI is InChI=1S/C16H22ClNO2/c17-14-3-1-2-4-15(14)20-16(13-5-8-18-11-13)12-6-9-19-10-7-12/h1-4,12-13,16,18H,5-11H2/t13-,16?/m0/s1. The van der Waals surface area contributed by atoms with Crippen LogP contribution in [0.4, 0.5) is 0 Å². The Hall–Kier alpha value is -0.770. The summed E-state index contributed by atoms with van der Waals surface area (Å²) in [7, 11) is 0. The Bertz CT molecular complexity index is 428. The monoisotopic (exact) mass is 295 g/mol. The molecule has 4 heteroatoms. The van der Waals surface area contributed by atoms with E-state index < -0.39 is 0 Å². The molecule has 0 aliphatic carbocycles. The quantitative estimate of drug-likeness (QED) is 0.926. The fourth-order valence-electron chi connectivity index (χ4n) is 3.27. The van der Waals surface area contributed by atoms with Crippen LogP contribution in [-0.4, -0.2) is 32.4 Å². The lowest BCUT2D eigenvalue weighted by Crippen LogP contribution is -2.39. The second-order valence-corrected chi connectivity index (χ2v) is 6.12. The van der Waals surface area contributed by atoms with Gasteiger partial charge >= 0.3 is 0 Å². The third-order valence-corrected chi connectivity index (χ3v) is 4.71. The zero-order valence-corrected chi connectivity index (χ0v) is 12.4. The summed E-state index contributed by atoms with van der Waals surface area (Å²) >= 11 is 6.25. The molecule has 110 valence electrons. The highest BCUT2D eigenvalue weighted by atomic mass is 35.5. The average molecular weight is 296 g/mol. The largest absolute Gasteiger partial charge is 0.488 e. The number of ether oxygens (including phenoxy) is 2. The van der Waals surface area contributed by atoms with E-state index in [0.29, 0.717) is 16.9 Å². The Morgan fingerprint density at radius 2 is 1.95 bits per heavy atom. The van der Waals surface area contributed by atoms with Crippen LogP contribution in [0.2, 0.25) is 5.02 Å². The molecule has 0 aromatic heterocycles. The van der Waals surface area contributed by atoms with E-state index in [4.69, 9.17) is 21.1 Å². The molecule has 3 rings (SSSR count). The highest BCUT2D eigenvalue weighted by Gasteiger charge is 2.34. The molecule has 0 saturated carbocycles. The van der Waals surface area contributed by atoms with Gasteiger partial charge in [-0.1, -0.05) is 23.7 Å². The highest BCUT2D eigenvalue weighted by Crippen LogP contribution is 2.33. The molecule has 2 saturated heterocycles. The van der Waals surface area contributed by atoms with Gasteiger partial charge in [0.25, 0.3) is 0 Å². The Kier molecular flexibility index (Phi) is 4.81. The van der Waals surface area contributed by atoms with Gasteiger partial charge in [0.15, 0.2) is 0 Å². The summed E-state index contributed by atoms with van der Waals surface area (Å²) in [6.45, 7) is 3.85. The molecule has 2 heterocycles. The molecule has 3 nitrogen and oxygen atoms in total. The average Bonchev–Trinajstić information content (AvgIpc) is 3.01. The summed E-state index contributed by atoms with van der Waals surface area (Å²) in [5.74, 6) is 1.97. The van der Waals surface area contributed by atoms with Gasteiger partial charge < -0.3 is 14.8 Å². The summed E-state index contributed by atoms with van der Waals surface area (Å²) in [4.78, 5) is 0. The van der Waals surface area contributed by atoms with Crippen molar-refractivity contribution in [2.24, 2.45) is 11.8 Å². The van der Waals surface area contributed by atoms with E-state index >= 15 is 0 Å². The molecule has 1 aromatic rings. The third-order valence-electron chi connectivity index (χ3n) is 4.39. The van der Waals surface area contributed by atoms with Gasteiger partial charge in [0.05, 0.1) is 5.02 Å². The second kappa shape index (κ2) is 6.79. The van der Waals surface area contributed by atoms with Crippen molar-refractivity contribution in [3.05, 3.63) is 29.3 Å². The van der Waals surface area contributed by atoms with Crippen LogP contribution >= 0.6 is 11.6 Å². The molecule has 1 N–H and O–H groups in total. The first-order valence-electron chi connectivity index (χ1n) is 7.54. The predicted octanol–water partition coefficient (Wildman–Crippen LogP) is 3.12. The van der Waals surface area contributed by atoms with Crippen LogP contribution in [0.15, 0.2) is 24.3 Å². The number of hydrogen-bond donors (Lipinski definition) is 1. The Labute approximate surface area is 125 Å². The van der Waals surface area contributed by atoms with Crippen molar-refractivity contribution < 1.29 is 9.47 Å². The van der Waals surface area contributed by atoms with Gasteiger partial charge in [0.2, 0.25) is 0 Å². The predicted molar refractivity (Wildman–Crippen MR) is 80.4 cm³/mol. The summed E-state index contributed by atoms with van der Waals surface area (Å²) in [5.41, 5.74) is 0. The van der Waals surface area contributed by atoms with E-state index in [0.717, 1.165) is 44.9 Å². The molecule has 1 aromatic carbocycles. The van der Waals surface area contributed by atoms with Crippen LogP contribution in [0.25, 0.3) is 0 Å². The van der Waals surface area contributed by atoms with E-state index in [-0.39, 0.29) is 6.10 Å². The number of benzene rings is 1. The Morgan fingerprint density at radius 3 is 2.65 bits per heavy atom. The van der Waals surface area contributed by atoms with Crippen LogP contribution in [-0.2, 0) is 4.74 Å². The Morgan fingerprint density at radius 1 is 1.15 bits per heavy atom. The van der Waals surface area contributed by atoms with Crippen LogP contribution < -0.4 is 10.1 Å². The van der Waals surface area contributed by atoms with Gasteiger partial charge in [0, 0.05) is 31.6 Å². The topological polar surface area (TPSA) is 30.5 Å². The van der Waals surface area contributed by atoms with Gasteiger partial charge in [-0.15, -0.1) is 0 Å². The molecule has 0 radical (unpaired) electrons. The fourth-order valence-corrected chi connectivity index (χ4v) is 3.45. The molecule has 2 atom stereocenters. The lowest BCUT2D eigenvalue weighted by Gasteiger charge is -2.34. The van der Waals surface area contributed by atoms with Gasteiger partial charge in [-0.2, -0.15) is 0 Å². The molecule has 0 spiro atoms. The smallest absolute Gasteiger partial charge is 0.138 e. The first-order chi connectivity index (χ1) is 9.84. The van der Waals surface area contributed by atoms with Gasteiger partial charge in [0.1, 0.15) is 11.9 Å². The van der Waals surface area contributed by atoms with E-state index in [1.165, 1.54) is 6.42 Å². The van der Waals surface area contributed by atoms with E-state index in [9.17, 15) is 0 Å². The number of nitrogens with one attached hydrogen (secondary N) is 1. The highest BCUT2D eigenvalue weighted by molar-refractivity contribution is 6.32. The third kappa shape index (κ3) is 3.27. The van der Waals surface area contributed by atoms with Crippen LogP contribution in [0.3, 0.4) is 0 Å². The minimum atomic E-state index is 0.244. The normalized spacial score (nSPS) is 25.6. The SMILES string of the molecule is Clc1ccccc1OC(C1CCOCC1)[C@H]1CCNC1. The molecule has 2 fully saturated rings. The number of rotatable bonds is 4. The molecule has 20 heavy (non-hydrogen) atoms. The maximum Gasteiger partial charge on any atom is 0.138 e. The second-order valence-electron chi connectivity index (χ2n) is 5.72. The van der Waals surface area contributed by atoms with Crippen LogP contribution in [0.1, 0.15) is 19.3 Å². The lowest BCUT2D eigenvalue weighted by atomic mass is 9.85. The first kappa shape index (κ1) is 14.2. The minimum Gasteiger partial charge on any atom is -0.488 e. The first-order valence-corrected chi connectivity index (χ1v) is 7.92. The molecule has 0 bridgehead atoms. The molecule has 0 amide bonds. The number of halogens is 1. The van der Waals surface area contributed by atoms with Crippen molar-refractivity contribution in [2.75, 3.05) is 26.3 Å². The molecule has 2 aliphatic heterocycles. The zero-order chi connectivity index (χ0) is 13.8. The summed E-state index contributed by atoms with van der Waals surface area (Å²) < 4.78 is 11.8. The van der Waals surface area contributed by atoms with Gasteiger partial charge in [-0.05, 0) is 37.9 Å². The lowest BCUT2D eigenvalue weighted by molar-refractivity contribution is -0.00129. The van der Waals surface area contributed by atoms with Crippen molar-refractivity contribution >= 4 is 11.6 Å². The van der Waals surface area contributed by atoms with Gasteiger partial charge in [-0.3, -0.25) is 0 Å². The van der Waals surface area contributed by atoms with Crippen molar-refractivity contribution in [2.45, 2.75) is 25.4 Å². The summed E-state index contributed by atoms with van der Waals surface area (Å²) in [5, 5.41) is 4.15. The molecular weight excluding hydrogens is 274 g/mol.